The van der Waals surface area contributed by atoms with Crippen LogP contribution in [0.4, 0.5) is 0 Å². The number of carboxylic acid groups (broad SMARTS) is 1. The molecule has 218 valence electrons. The van der Waals surface area contributed by atoms with E-state index in [4.69, 9.17) is 9.26 Å². The van der Waals surface area contributed by atoms with Crippen LogP contribution in [0.15, 0.2) is 4.52 Å². The number of carboxylic acids is 1. The highest BCUT2D eigenvalue weighted by molar-refractivity contribution is 5.87. The summed E-state index contributed by atoms with van der Waals surface area (Å²) >= 11 is 0. The molecule has 1 saturated heterocycles. The van der Waals surface area contributed by atoms with E-state index in [0.29, 0.717) is 30.6 Å². The van der Waals surface area contributed by atoms with Crippen LogP contribution in [0.3, 0.4) is 0 Å². The van der Waals surface area contributed by atoms with Crippen LogP contribution in [0, 0.1) is 39.9 Å². The Morgan fingerprint density at radius 3 is 2.28 bits per heavy atom. The molecule has 7 nitrogen and oxygen atoms in total. The number of aromatic carboxylic acids is 1. The Morgan fingerprint density at radius 1 is 0.949 bits per heavy atom. The summed E-state index contributed by atoms with van der Waals surface area (Å²) in [5, 5.41) is 38.0. The van der Waals surface area contributed by atoms with E-state index in [0.717, 1.165) is 32.1 Å². The van der Waals surface area contributed by atoms with Crippen LogP contribution in [0.5, 0.6) is 0 Å². The summed E-state index contributed by atoms with van der Waals surface area (Å²) in [4.78, 5) is 12.1. The van der Waals surface area contributed by atoms with Crippen molar-refractivity contribution < 1.29 is 29.4 Å². The lowest BCUT2D eigenvalue weighted by Gasteiger charge is -2.70. The van der Waals surface area contributed by atoms with Crippen molar-refractivity contribution in [3.05, 3.63) is 17.0 Å². The van der Waals surface area contributed by atoms with Gasteiger partial charge in [-0.05, 0) is 106 Å². The van der Waals surface area contributed by atoms with Crippen molar-refractivity contribution in [3.63, 3.8) is 0 Å². The first kappa shape index (κ1) is 27.7. The highest BCUT2D eigenvalue weighted by Gasteiger charge is 2.73. The second-order valence-corrected chi connectivity index (χ2v) is 16.2. The molecule has 39 heavy (non-hydrogen) atoms. The lowest BCUT2D eigenvalue weighted by atomic mass is 9.34. The second-order valence-electron chi connectivity index (χ2n) is 16.2. The van der Waals surface area contributed by atoms with Crippen molar-refractivity contribution >= 4 is 5.97 Å². The molecule has 1 aliphatic heterocycles. The molecular weight excluding hydrogens is 494 g/mol. The smallest absolute Gasteiger partial charge is 0.358 e. The second kappa shape index (κ2) is 8.10. The van der Waals surface area contributed by atoms with Gasteiger partial charge >= 0.3 is 5.97 Å². The Hall–Kier alpha value is -1.44. The maximum absolute atomic E-state index is 12.1. The van der Waals surface area contributed by atoms with Crippen LogP contribution >= 0.6 is 0 Å². The maximum Gasteiger partial charge on any atom is 0.358 e. The largest absolute Gasteiger partial charge is 0.476 e. The van der Waals surface area contributed by atoms with Gasteiger partial charge in [-0.3, -0.25) is 0 Å². The van der Waals surface area contributed by atoms with Crippen LogP contribution in [-0.2, 0) is 16.6 Å². The molecule has 3 N–H and O–H groups in total. The predicted octanol–water partition coefficient (Wildman–Crippen LogP) is 5.75. The van der Waals surface area contributed by atoms with Crippen molar-refractivity contribution in [2.75, 3.05) is 0 Å². The molecule has 0 aromatic carbocycles. The standard InChI is InChI=1S/C32H49NO6/c1-27(2)11-9-12-32(8,39-27)18-10-13-30(6)22(18)19(34)14-21-29(5)15-17-23(26(36)37)33-38-25(17)28(3,4)24(29)20(35)16-31(21,30)7/h18-22,24,34-35H,9-16H2,1-8H3,(H,36,37)/t18-,19+,20-,21?,22?,24?,29+,30+,31+,32+/m0/s1. The van der Waals surface area contributed by atoms with Gasteiger partial charge in [0.15, 0.2) is 5.69 Å². The van der Waals surface area contributed by atoms with E-state index in [1.165, 1.54) is 0 Å². The molecule has 2 heterocycles. The first-order chi connectivity index (χ1) is 17.9. The molecule has 6 rings (SSSR count). The maximum atomic E-state index is 12.1. The number of nitrogens with zero attached hydrogens (tertiary/aromatic N) is 1. The molecule has 1 aromatic rings. The fraction of sp³-hybridized carbons (Fsp3) is 0.875. The molecular formula is C32H49NO6. The van der Waals surface area contributed by atoms with E-state index in [-0.39, 0.29) is 51.4 Å². The number of aliphatic hydroxyl groups is 2. The molecule has 5 aliphatic rings. The summed E-state index contributed by atoms with van der Waals surface area (Å²) in [5.41, 5.74) is -1.16. The van der Waals surface area contributed by atoms with E-state index in [9.17, 15) is 20.1 Å². The van der Waals surface area contributed by atoms with Crippen molar-refractivity contribution in [3.8, 4) is 0 Å². The Labute approximate surface area is 233 Å². The van der Waals surface area contributed by atoms with E-state index < -0.39 is 29.0 Å². The van der Waals surface area contributed by atoms with Gasteiger partial charge in [-0.15, -0.1) is 0 Å². The molecule has 1 aromatic heterocycles. The summed E-state index contributed by atoms with van der Waals surface area (Å²) in [7, 11) is 0. The van der Waals surface area contributed by atoms with Gasteiger partial charge in [-0.1, -0.05) is 39.8 Å². The van der Waals surface area contributed by atoms with E-state index in [2.05, 4.69) is 60.5 Å². The quantitative estimate of drug-likeness (QED) is 0.435. The number of aromatic nitrogens is 1. The third-order valence-electron chi connectivity index (χ3n) is 13.3. The Kier molecular flexibility index (Phi) is 5.75. The minimum absolute atomic E-state index is 0.00844. The lowest BCUT2D eigenvalue weighted by molar-refractivity contribution is -0.260. The van der Waals surface area contributed by atoms with Crippen LogP contribution in [0.2, 0.25) is 0 Å². The Bertz CT molecular complexity index is 1190. The minimum atomic E-state index is -1.07. The van der Waals surface area contributed by atoms with Gasteiger partial charge in [-0.2, -0.15) is 0 Å². The number of ether oxygens (including phenoxy) is 1. The van der Waals surface area contributed by atoms with Crippen molar-refractivity contribution in [2.24, 2.45) is 39.9 Å². The molecule has 3 unspecified atom stereocenters. The summed E-state index contributed by atoms with van der Waals surface area (Å²) in [6, 6.07) is 0. The van der Waals surface area contributed by atoms with E-state index in [1.807, 2.05) is 0 Å². The van der Waals surface area contributed by atoms with Gasteiger partial charge in [0.1, 0.15) is 5.76 Å². The molecule has 0 bridgehead atoms. The average Bonchev–Trinajstić information content (AvgIpc) is 3.38. The number of aliphatic hydroxyl groups excluding tert-OH is 2. The molecule has 0 amide bonds. The predicted molar refractivity (Wildman–Crippen MR) is 146 cm³/mol. The Morgan fingerprint density at radius 2 is 1.64 bits per heavy atom. The molecule has 10 atom stereocenters. The summed E-state index contributed by atoms with van der Waals surface area (Å²) in [6.45, 7) is 17.8. The molecule has 4 aliphatic carbocycles. The molecule has 0 spiro atoms. The molecule has 0 radical (unpaired) electrons. The molecule has 4 fully saturated rings. The topological polar surface area (TPSA) is 113 Å². The van der Waals surface area contributed by atoms with Crippen LogP contribution in [0.25, 0.3) is 0 Å². The third-order valence-corrected chi connectivity index (χ3v) is 13.3. The third kappa shape index (κ3) is 3.45. The number of hydrogen-bond donors (Lipinski definition) is 3. The Balaban J connectivity index is 1.44. The summed E-state index contributed by atoms with van der Waals surface area (Å²) in [6.07, 6.45) is 6.03. The van der Waals surface area contributed by atoms with Gasteiger partial charge in [0.2, 0.25) is 0 Å². The number of carbonyl (C=O) groups is 1. The zero-order valence-corrected chi connectivity index (χ0v) is 25.1. The van der Waals surface area contributed by atoms with Crippen LogP contribution < -0.4 is 0 Å². The van der Waals surface area contributed by atoms with Crippen molar-refractivity contribution in [1.82, 2.24) is 5.16 Å². The molecule has 7 heteroatoms. The van der Waals surface area contributed by atoms with E-state index in [1.54, 1.807) is 0 Å². The zero-order valence-electron chi connectivity index (χ0n) is 25.1. The van der Waals surface area contributed by atoms with Crippen LogP contribution in [0.1, 0.15) is 122 Å². The minimum Gasteiger partial charge on any atom is -0.476 e. The molecule has 3 saturated carbocycles. The zero-order chi connectivity index (χ0) is 28.6. The number of fused-ring (bicyclic) bond motifs is 6. The fourth-order valence-electron chi connectivity index (χ4n) is 12.0. The average molecular weight is 544 g/mol. The SMILES string of the molecule is CC1(C)CCC[C@](C)([C@H]2CC[C@]3(C)C2[C@H](O)CC2[C@@]4(C)Cc5c(C(=O)O)noc5C(C)(C)C4[C@@H](O)C[C@]23C)O1. The van der Waals surface area contributed by atoms with Gasteiger partial charge in [0.05, 0.1) is 23.4 Å². The van der Waals surface area contributed by atoms with Gasteiger partial charge in [0, 0.05) is 16.9 Å². The lowest BCUT2D eigenvalue weighted by Crippen LogP contribution is -2.69. The highest BCUT2D eigenvalue weighted by atomic mass is 16.5. The number of rotatable bonds is 2. The van der Waals surface area contributed by atoms with Gasteiger partial charge in [0.25, 0.3) is 0 Å². The first-order valence-electron chi connectivity index (χ1n) is 15.2. The summed E-state index contributed by atoms with van der Waals surface area (Å²) in [5.74, 6) is -0.124. The monoisotopic (exact) mass is 543 g/mol. The van der Waals surface area contributed by atoms with Crippen molar-refractivity contribution in [2.45, 2.75) is 136 Å². The van der Waals surface area contributed by atoms with Crippen molar-refractivity contribution in [1.29, 1.82) is 0 Å². The van der Waals surface area contributed by atoms with Gasteiger partial charge in [-0.25, -0.2) is 4.79 Å². The van der Waals surface area contributed by atoms with Gasteiger partial charge < -0.3 is 24.6 Å². The summed E-state index contributed by atoms with van der Waals surface area (Å²) < 4.78 is 12.5. The highest BCUT2D eigenvalue weighted by Crippen LogP contribution is 2.75. The number of hydrogen-bond acceptors (Lipinski definition) is 6. The fourth-order valence-corrected chi connectivity index (χ4v) is 12.0. The normalized spacial score (nSPS) is 49.9. The van der Waals surface area contributed by atoms with Crippen LogP contribution in [-0.4, -0.2) is 49.9 Å². The first-order valence-corrected chi connectivity index (χ1v) is 15.2. The van der Waals surface area contributed by atoms with E-state index >= 15 is 0 Å².